The summed E-state index contributed by atoms with van der Waals surface area (Å²) in [6.07, 6.45) is 2.53. The molecule has 0 radical (unpaired) electrons. The molecule has 0 bridgehead atoms. The first kappa shape index (κ1) is 14.9. The molecular formula is C15H17ClN4O2. The van der Waals surface area contributed by atoms with Crippen LogP contribution in [0.25, 0.3) is 0 Å². The number of carbonyl (C=O) groups is 1. The summed E-state index contributed by atoms with van der Waals surface area (Å²) in [5.74, 6) is 0.993. The van der Waals surface area contributed by atoms with Crippen molar-refractivity contribution in [3.8, 4) is 5.75 Å². The number of benzene rings is 1. The molecule has 0 aliphatic carbocycles. The third-order valence-electron chi connectivity index (χ3n) is 3.46. The van der Waals surface area contributed by atoms with Crippen LogP contribution in [0, 0.1) is 0 Å². The molecule has 1 aliphatic heterocycles. The van der Waals surface area contributed by atoms with Crippen LogP contribution in [0.15, 0.2) is 30.5 Å². The fraction of sp³-hybridized carbons (Fsp3) is 0.333. The maximum Gasteiger partial charge on any atom is 0.276 e. The largest absolute Gasteiger partial charge is 0.488 e. The predicted octanol–water partition coefficient (Wildman–Crippen LogP) is 1.79. The third kappa shape index (κ3) is 3.40. The van der Waals surface area contributed by atoms with Crippen molar-refractivity contribution in [3.05, 3.63) is 41.7 Å². The maximum atomic E-state index is 12.2. The summed E-state index contributed by atoms with van der Waals surface area (Å²) in [7, 11) is 0. The number of aryl methyl sites for hydroxylation is 1. The topological polar surface area (TPSA) is 79.0 Å². The minimum Gasteiger partial charge on any atom is -0.488 e. The van der Waals surface area contributed by atoms with Gasteiger partial charge >= 0.3 is 0 Å². The van der Waals surface area contributed by atoms with Crippen LogP contribution in [-0.4, -0.2) is 41.2 Å². The second kappa shape index (κ2) is 6.81. The number of aromatic amines is 1. The summed E-state index contributed by atoms with van der Waals surface area (Å²) in [4.78, 5) is 12.2. The number of hydrogen-bond acceptors (Lipinski definition) is 4. The Hall–Kier alpha value is -2.05. The Morgan fingerprint density at radius 1 is 1.36 bits per heavy atom. The van der Waals surface area contributed by atoms with Crippen LogP contribution in [0.4, 0.5) is 5.69 Å². The number of carbonyl (C=O) groups excluding carboxylic acids is 1. The molecule has 3 N–H and O–H groups in total. The Morgan fingerprint density at radius 3 is 2.77 bits per heavy atom. The molecular weight excluding hydrogens is 304 g/mol. The highest BCUT2D eigenvalue weighted by molar-refractivity contribution is 6.18. The first-order valence-electron chi connectivity index (χ1n) is 7.13. The van der Waals surface area contributed by atoms with Crippen molar-refractivity contribution in [2.75, 3.05) is 24.3 Å². The van der Waals surface area contributed by atoms with Crippen molar-refractivity contribution in [3.63, 3.8) is 0 Å². The Labute approximate surface area is 133 Å². The van der Waals surface area contributed by atoms with E-state index in [0.29, 0.717) is 23.7 Å². The second-order valence-corrected chi connectivity index (χ2v) is 5.45. The number of ether oxygens (including phenoxy) is 1. The summed E-state index contributed by atoms with van der Waals surface area (Å²) >= 11 is 5.71. The van der Waals surface area contributed by atoms with Gasteiger partial charge in [-0.2, -0.15) is 5.10 Å². The SMILES string of the molecule is O=C(Nc1ccc(OC2CNC2)cc1)c1n[nH]cc1CCCl. The van der Waals surface area contributed by atoms with E-state index in [1.807, 2.05) is 24.3 Å². The van der Waals surface area contributed by atoms with Crippen LogP contribution in [0.5, 0.6) is 5.75 Å². The minimum atomic E-state index is -0.252. The van der Waals surface area contributed by atoms with Gasteiger partial charge in [0.05, 0.1) is 0 Å². The molecule has 6 nitrogen and oxygen atoms in total. The molecule has 0 atom stereocenters. The molecule has 1 aliphatic rings. The molecule has 1 fully saturated rings. The Morgan fingerprint density at radius 2 is 2.14 bits per heavy atom. The molecule has 7 heteroatoms. The number of alkyl halides is 1. The maximum absolute atomic E-state index is 12.2. The first-order valence-corrected chi connectivity index (χ1v) is 7.67. The lowest BCUT2D eigenvalue weighted by molar-refractivity contribution is 0.102. The normalized spacial score (nSPS) is 14.4. The van der Waals surface area contributed by atoms with E-state index < -0.39 is 0 Å². The number of anilines is 1. The van der Waals surface area contributed by atoms with Gasteiger partial charge in [-0.15, -0.1) is 11.6 Å². The van der Waals surface area contributed by atoms with E-state index in [1.54, 1.807) is 6.20 Å². The zero-order chi connectivity index (χ0) is 15.4. The van der Waals surface area contributed by atoms with Crippen LogP contribution < -0.4 is 15.4 Å². The smallest absolute Gasteiger partial charge is 0.276 e. The molecule has 116 valence electrons. The van der Waals surface area contributed by atoms with Gasteiger partial charge in [0.25, 0.3) is 5.91 Å². The number of halogens is 1. The van der Waals surface area contributed by atoms with Gasteiger partial charge in [0.2, 0.25) is 0 Å². The zero-order valence-electron chi connectivity index (χ0n) is 11.9. The summed E-state index contributed by atoms with van der Waals surface area (Å²) in [5.41, 5.74) is 1.88. The summed E-state index contributed by atoms with van der Waals surface area (Å²) in [5, 5.41) is 12.6. The molecule has 0 spiro atoms. The van der Waals surface area contributed by atoms with E-state index in [4.69, 9.17) is 16.3 Å². The standard InChI is InChI=1S/C15H17ClN4O2/c16-6-5-10-7-18-20-14(10)15(21)19-11-1-3-12(4-2-11)22-13-8-17-9-13/h1-4,7,13,17H,5-6,8-9H2,(H,18,20)(H,19,21). The van der Waals surface area contributed by atoms with Gasteiger partial charge in [0.15, 0.2) is 5.69 Å². The van der Waals surface area contributed by atoms with E-state index >= 15 is 0 Å². The number of H-pyrrole nitrogens is 1. The quantitative estimate of drug-likeness (QED) is 0.709. The summed E-state index contributed by atoms with van der Waals surface area (Å²) in [6.45, 7) is 1.75. The third-order valence-corrected chi connectivity index (χ3v) is 3.65. The van der Waals surface area contributed by atoms with Gasteiger partial charge in [-0.05, 0) is 30.7 Å². The van der Waals surface area contributed by atoms with Gasteiger partial charge in [-0.25, -0.2) is 0 Å². The molecule has 0 unspecified atom stereocenters. The van der Waals surface area contributed by atoms with Crippen molar-refractivity contribution in [2.45, 2.75) is 12.5 Å². The number of rotatable bonds is 6. The van der Waals surface area contributed by atoms with Gasteiger partial charge in [-0.1, -0.05) is 0 Å². The van der Waals surface area contributed by atoms with E-state index in [0.717, 1.165) is 24.4 Å². The minimum absolute atomic E-state index is 0.239. The molecule has 2 aromatic rings. The Bertz CT molecular complexity index is 637. The van der Waals surface area contributed by atoms with Gasteiger partial charge in [0, 0.05) is 36.4 Å². The first-order chi connectivity index (χ1) is 10.8. The number of aromatic nitrogens is 2. The van der Waals surface area contributed by atoms with Gasteiger partial charge in [0.1, 0.15) is 11.9 Å². The average molecular weight is 321 g/mol. The summed E-state index contributed by atoms with van der Waals surface area (Å²) in [6, 6.07) is 7.32. The molecule has 1 amide bonds. The van der Waals surface area contributed by atoms with E-state index in [9.17, 15) is 4.79 Å². The fourth-order valence-corrected chi connectivity index (χ4v) is 2.35. The Kier molecular flexibility index (Phi) is 4.60. The average Bonchev–Trinajstić information content (AvgIpc) is 2.93. The summed E-state index contributed by atoms with van der Waals surface area (Å²) < 4.78 is 5.73. The van der Waals surface area contributed by atoms with Crippen molar-refractivity contribution in [1.82, 2.24) is 15.5 Å². The van der Waals surface area contributed by atoms with Crippen LogP contribution in [0.1, 0.15) is 16.1 Å². The van der Waals surface area contributed by atoms with Gasteiger partial charge in [-0.3, -0.25) is 9.89 Å². The van der Waals surface area contributed by atoms with Crippen molar-refractivity contribution in [2.24, 2.45) is 0 Å². The number of hydrogen-bond donors (Lipinski definition) is 3. The molecule has 1 aromatic heterocycles. The van der Waals surface area contributed by atoms with Crippen LogP contribution in [0.3, 0.4) is 0 Å². The number of nitrogens with zero attached hydrogens (tertiary/aromatic N) is 1. The predicted molar refractivity (Wildman–Crippen MR) is 84.7 cm³/mol. The molecule has 2 heterocycles. The lowest BCUT2D eigenvalue weighted by Crippen LogP contribution is -2.50. The van der Waals surface area contributed by atoms with Crippen molar-refractivity contribution < 1.29 is 9.53 Å². The highest BCUT2D eigenvalue weighted by atomic mass is 35.5. The fourth-order valence-electron chi connectivity index (χ4n) is 2.15. The highest BCUT2D eigenvalue weighted by Gasteiger charge is 2.18. The van der Waals surface area contributed by atoms with E-state index in [1.165, 1.54) is 0 Å². The lowest BCUT2D eigenvalue weighted by Gasteiger charge is -2.27. The molecule has 1 saturated heterocycles. The Balaban J connectivity index is 1.62. The van der Waals surface area contributed by atoms with E-state index in [-0.39, 0.29) is 12.0 Å². The molecule has 0 saturated carbocycles. The van der Waals surface area contributed by atoms with Crippen molar-refractivity contribution in [1.29, 1.82) is 0 Å². The van der Waals surface area contributed by atoms with Crippen molar-refractivity contribution >= 4 is 23.2 Å². The lowest BCUT2D eigenvalue weighted by atomic mass is 10.2. The number of nitrogens with one attached hydrogen (secondary N) is 3. The van der Waals surface area contributed by atoms with Crippen LogP contribution >= 0.6 is 11.6 Å². The zero-order valence-corrected chi connectivity index (χ0v) is 12.7. The van der Waals surface area contributed by atoms with Crippen LogP contribution in [-0.2, 0) is 6.42 Å². The highest BCUT2D eigenvalue weighted by Crippen LogP contribution is 2.19. The number of amides is 1. The van der Waals surface area contributed by atoms with E-state index in [2.05, 4.69) is 20.8 Å². The van der Waals surface area contributed by atoms with Crippen LogP contribution in [0.2, 0.25) is 0 Å². The van der Waals surface area contributed by atoms with Gasteiger partial charge < -0.3 is 15.4 Å². The monoisotopic (exact) mass is 320 g/mol. The molecule has 22 heavy (non-hydrogen) atoms. The molecule has 3 rings (SSSR count). The second-order valence-electron chi connectivity index (χ2n) is 5.07. The molecule has 1 aromatic carbocycles.